The van der Waals surface area contributed by atoms with Gasteiger partial charge in [0.05, 0.1) is 21.8 Å². The van der Waals surface area contributed by atoms with Gasteiger partial charge in [-0.25, -0.2) is 0 Å². The lowest BCUT2D eigenvalue weighted by Crippen LogP contribution is -2.34. The molecule has 0 atom stereocenters. The molecular weight excluding hydrogens is 394 g/mol. The Balaban J connectivity index is 1.71. The molecule has 7 heteroatoms. The smallest absolute Gasteiger partial charge is 0.258 e. The van der Waals surface area contributed by atoms with Gasteiger partial charge in [0.25, 0.3) is 11.8 Å². The fraction of sp³-hybridized carbons (Fsp3) is 0. The van der Waals surface area contributed by atoms with Crippen molar-refractivity contribution < 1.29 is 9.59 Å². The molecule has 0 fully saturated rings. The van der Waals surface area contributed by atoms with Gasteiger partial charge in [0.2, 0.25) is 0 Å². The Morgan fingerprint density at radius 3 is 2.04 bits per heavy atom. The molecule has 0 radical (unpaired) electrons. The van der Waals surface area contributed by atoms with Gasteiger partial charge in [0.15, 0.2) is 5.11 Å². The van der Waals surface area contributed by atoms with Gasteiger partial charge in [-0.1, -0.05) is 54.1 Å². The number of hydrogen-bond acceptors (Lipinski definition) is 3. The summed E-state index contributed by atoms with van der Waals surface area (Å²) in [5.41, 5.74) is 1.85. The summed E-state index contributed by atoms with van der Waals surface area (Å²) >= 11 is 11.2. The van der Waals surface area contributed by atoms with Gasteiger partial charge in [-0.2, -0.15) is 0 Å². The molecule has 0 aliphatic heterocycles. The molecule has 0 bridgehead atoms. The molecule has 0 saturated carbocycles. The molecule has 28 heavy (non-hydrogen) atoms. The minimum Gasteiger partial charge on any atom is -0.332 e. The summed E-state index contributed by atoms with van der Waals surface area (Å²) in [4.78, 5) is 24.9. The molecule has 0 aliphatic carbocycles. The highest BCUT2D eigenvalue weighted by atomic mass is 35.5. The van der Waals surface area contributed by atoms with E-state index in [0.717, 1.165) is 0 Å². The van der Waals surface area contributed by atoms with E-state index < -0.39 is 5.91 Å². The van der Waals surface area contributed by atoms with Crippen molar-refractivity contribution in [1.29, 1.82) is 0 Å². The second-order valence-corrected chi connectivity index (χ2v) is 6.57. The molecule has 140 valence electrons. The number of carbonyl (C=O) groups excluding carboxylic acids is 2. The maximum absolute atomic E-state index is 12.6. The van der Waals surface area contributed by atoms with Gasteiger partial charge in [0.1, 0.15) is 0 Å². The second-order valence-electron chi connectivity index (χ2n) is 5.75. The lowest BCUT2D eigenvalue weighted by Gasteiger charge is -2.14. The first-order valence-electron chi connectivity index (χ1n) is 8.37. The van der Waals surface area contributed by atoms with E-state index in [4.69, 9.17) is 23.8 Å². The molecule has 0 unspecified atom stereocenters. The van der Waals surface area contributed by atoms with Crippen molar-refractivity contribution in [2.24, 2.45) is 0 Å². The first-order chi connectivity index (χ1) is 13.5. The summed E-state index contributed by atoms with van der Waals surface area (Å²) in [6.07, 6.45) is 0. The summed E-state index contributed by atoms with van der Waals surface area (Å²) in [5.74, 6) is -0.733. The van der Waals surface area contributed by atoms with Crippen LogP contribution in [-0.4, -0.2) is 16.9 Å². The van der Waals surface area contributed by atoms with Crippen molar-refractivity contribution in [2.75, 3.05) is 10.6 Å². The SMILES string of the molecule is O=C(NC(=S)Nc1ccccc1C(=O)Nc1ccccc1)c1ccccc1Cl. The summed E-state index contributed by atoms with van der Waals surface area (Å²) in [5, 5.41) is 8.66. The first kappa shape index (κ1) is 19.5. The number of anilines is 2. The topological polar surface area (TPSA) is 70.2 Å². The van der Waals surface area contributed by atoms with Crippen LogP contribution in [0.1, 0.15) is 20.7 Å². The number of nitrogens with one attached hydrogen (secondary N) is 3. The highest BCUT2D eigenvalue weighted by Gasteiger charge is 2.15. The van der Waals surface area contributed by atoms with Crippen LogP contribution in [0.25, 0.3) is 0 Å². The van der Waals surface area contributed by atoms with E-state index in [0.29, 0.717) is 27.5 Å². The van der Waals surface area contributed by atoms with E-state index in [9.17, 15) is 9.59 Å². The van der Waals surface area contributed by atoms with Crippen LogP contribution in [0.3, 0.4) is 0 Å². The van der Waals surface area contributed by atoms with Crippen LogP contribution in [0.15, 0.2) is 78.9 Å². The van der Waals surface area contributed by atoms with E-state index in [2.05, 4.69) is 16.0 Å². The predicted octanol–water partition coefficient (Wildman–Crippen LogP) is 4.72. The number of halogens is 1. The number of benzene rings is 3. The number of carbonyl (C=O) groups is 2. The monoisotopic (exact) mass is 409 g/mol. The maximum atomic E-state index is 12.6. The van der Waals surface area contributed by atoms with E-state index in [1.54, 1.807) is 60.7 Å². The lowest BCUT2D eigenvalue weighted by atomic mass is 10.1. The Labute approximate surface area is 172 Å². The quantitative estimate of drug-likeness (QED) is 0.545. The molecule has 3 N–H and O–H groups in total. The van der Waals surface area contributed by atoms with E-state index in [1.807, 2.05) is 18.2 Å². The van der Waals surface area contributed by atoms with Crippen molar-refractivity contribution in [2.45, 2.75) is 0 Å². The van der Waals surface area contributed by atoms with Crippen molar-refractivity contribution in [1.82, 2.24) is 5.32 Å². The molecule has 5 nitrogen and oxygen atoms in total. The Kier molecular flexibility index (Phi) is 6.37. The number of hydrogen-bond donors (Lipinski definition) is 3. The molecule has 3 aromatic rings. The lowest BCUT2D eigenvalue weighted by molar-refractivity contribution is 0.0976. The Bertz CT molecular complexity index is 1020. The number of amides is 2. The molecule has 0 heterocycles. The van der Waals surface area contributed by atoms with Gasteiger partial charge in [0, 0.05) is 5.69 Å². The highest BCUT2D eigenvalue weighted by molar-refractivity contribution is 7.80. The average molecular weight is 410 g/mol. The third-order valence-electron chi connectivity index (χ3n) is 3.80. The van der Waals surface area contributed by atoms with Crippen LogP contribution in [0.4, 0.5) is 11.4 Å². The normalized spacial score (nSPS) is 10.0. The molecule has 3 aromatic carbocycles. The minimum atomic E-state index is -0.436. The van der Waals surface area contributed by atoms with Crippen molar-refractivity contribution in [3.8, 4) is 0 Å². The standard InChI is InChI=1S/C21H16ClN3O2S/c22-17-12-6-4-10-15(17)19(26)25-21(28)24-18-13-7-5-11-16(18)20(27)23-14-8-2-1-3-9-14/h1-13H,(H,23,27)(H2,24,25,26,28). The molecule has 3 rings (SSSR count). The number of thiocarbonyl (C=S) groups is 1. The summed E-state index contributed by atoms with van der Waals surface area (Å²) in [6.45, 7) is 0. The highest BCUT2D eigenvalue weighted by Crippen LogP contribution is 2.18. The van der Waals surface area contributed by atoms with Crippen LogP contribution in [-0.2, 0) is 0 Å². The van der Waals surface area contributed by atoms with E-state index in [1.165, 1.54) is 0 Å². The second kappa shape index (κ2) is 9.12. The van der Waals surface area contributed by atoms with Gasteiger partial charge < -0.3 is 10.6 Å². The summed E-state index contributed by atoms with van der Waals surface area (Å²) in [7, 11) is 0. The van der Waals surface area contributed by atoms with Crippen LogP contribution in [0.5, 0.6) is 0 Å². The summed E-state index contributed by atoms with van der Waals surface area (Å²) in [6, 6.07) is 22.7. The van der Waals surface area contributed by atoms with Crippen LogP contribution >= 0.6 is 23.8 Å². The van der Waals surface area contributed by atoms with Crippen LogP contribution in [0, 0.1) is 0 Å². The Hall–Kier alpha value is -3.22. The Morgan fingerprint density at radius 2 is 1.32 bits per heavy atom. The fourth-order valence-electron chi connectivity index (χ4n) is 2.48. The Morgan fingerprint density at radius 1 is 0.714 bits per heavy atom. The zero-order valence-electron chi connectivity index (χ0n) is 14.6. The van der Waals surface area contributed by atoms with Gasteiger partial charge in [-0.15, -0.1) is 0 Å². The summed E-state index contributed by atoms with van der Waals surface area (Å²) < 4.78 is 0. The zero-order valence-corrected chi connectivity index (χ0v) is 16.2. The average Bonchev–Trinajstić information content (AvgIpc) is 2.69. The van der Waals surface area contributed by atoms with Crippen molar-refractivity contribution in [3.63, 3.8) is 0 Å². The molecule has 0 aliphatic rings. The third-order valence-corrected chi connectivity index (χ3v) is 4.33. The largest absolute Gasteiger partial charge is 0.332 e. The zero-order chi connectivity index (χ0) is 19.9. The predicted molar refractivity (Wildman–Crippen MR) is 116 cm³/mol. The number of para-hydroxylation sites is 2. The van der Waals surface area contributed by atoms with E-state index in [-0.39, 0.29) is 11.0 Å². The van der Waals surface area contributed by atoms with Gasteiger partial charge in [-0.3, -0.25) is 14.9 Å². The molecule has 0 spiro atoms. The maximum Gasteiger partial charge on any atom is 0.258 e. The van der Waals surface area contributed by atoms with Gasteiger partial charge in [-0.05, 0) is 48.6 Å². The number of rotatable bonds is 4. The molecule has 0 saturated heterocycles. The third kappa shape index (κ3) is 4.94. The van der Waals surface area contributed by atoms with Crippen LogP contribution in [0.2, 0.25) is 5.02 Å². The van der Waals surface area contributed by atoms with Crippen molar-refractivity contribution in [3.05, 3.63) is 95.0 Å². The molecule has 2 amide bonds. The first-order valence-corrected chi connectivity index (χ1v) is 9.15. The fourth-order valence-corrected chi connectivity index (χ4v) is 2.90. The minimum absolute atomic E-state index is 0.0601. The van der Waals surface area contributed by atoms with Gasteiger partial charge >= 0.3 is 0 Å². The molecule has 0 aromatic heterocycles. The van der Waals surface area contributed by atoms with Crippen molar-refractivity contribution >= 4 is 52.1 Å². The van der Waals surface area contributed by atoms with Crippen LogP contribution < -0.4 is 16.0 Å². The van der Waals surface area contributed by atoms with E-state index >= 15 is 0 Å². The molecular formula is C21H16ClN3O2S.